The van der Waals surface area contributed by atoms with E-state index in [-0.39, 0.29) is 35.8 Å². The Labute approximate surface area is 187 Å². The second kappa shape index (κ2) is 8.27. The highest BCUT2D eigenvalue weighted by molar-refractivity contribution is 7.92. The smallest absolute Gasteiger partial charge is 0.233 e. The molecule has 1 saturated heterocycles. The number of imidazole rings is 1. The number of hydrogen-bond acceptors (Lipinski definition) is 10. The molecule has 0 amide bonds. The lowest BCUT2D eigenvalue weighted by atomic mass is 10.1. The molecule has 4 rings (SSSR count). The average molecular weight is 482 g/mol. The normalized spacial score (nSPS) is 24.0. The number of hydrogen-bond donors (Lipinski definition) is 5. The third kappa shape index (κ3) is 4.01. The molecule has 3 heterocycles. The molecule has 14 heteroatoms. The van der Waals surface area contributed by atoms with Gasteiger partial charge in [-0.2, -0.15) is 0 Å². The fourth-order valence-electron chi connectivity index (χ4n) is 3.33. The molecule has 3 aromatic rings. The van der Waals surface area contributed by atoms with Gasteiger partial charge in [-0.05, 0) is 17.7 Å². The zero-order chi connectivity index (χ0) is 23.1. The van der Waals surface area contributed by atoms with Crippen LogP contribution in [-0.4, -0.2) is 63.5 Å². The van der Waals surface area contributed by atoms with Gasteiger partial charge < -0.3 is 26.4 Å². The Balaban J connectivity index is 1.47. The molecule has 2 aromatic heterocycles. The lowest BCUT2D eigenvalue weighted by Crippen LogP contribution is -2.48. The van der Waals surface area contributed by atoms with Gasteiger partial charge >= 0.3 is 0 Å². The van der Waals surface area contributed by atoms with Crippen LogP contribution in [0.15, 0.2) is 36.3 Å². The fourth-order valence-corrected chi connectivity index (χ4v) is 4.33. The largest absolute Gasteiger partial charge is 0.397 e. The van der Waals surface area contributed by atoms with Gasteiger partial charge in [0.15, 0.2) is 17.2 Å². The van der Waals surface area contributed by atoms with Crippen molar-refractivity contribution in [2.45, 2.75) is 17.9 Å². The Bertz CT molecular complexity index is 1300. The van der Waals surface area contributed by atoms with Crippen LogP contribution in [0, 0.1) is 0 Å². The summed E-state index contributed by atoms with van der Waals surface area (Å²) < 4.78 is 33.7. The summed E-state index contributed by atoms with van der Waals surface area (Å²) in [6, 6.07) is 4.84. The number of benzene rings is 1. The number of halogens is 1. The molecule has 0 radical (unpaired) electrons. The first-order chi connectivity index (χ1) is 15.1. The second-order valence-corrected chi connectivity index (χ2v) is 9.22. The van der Waals surface area contributed by atoms with Crippen molar-refractivity contribution < 1.29 is 23.4 Å². The summed E-state index contributed by atoms with van der Waals surface area (Å²) in [4.78, 5) is 11.9. The van der Waals surface area contributed by atoms with E-state index in [4.69, 9.17) is 27.8 Å². The maximum absolute atomic E-state index is 12.3. The molecule has 1 fully saturated rings. The number of nitrogens with two attached hydrogens (primary N) is 2. The molecule has 0 bridgehead atoms. The van der Waals surface area contributed by atoms with Crippen LogP contribution < -0.4 is 16.2 Å². The molecular weight excluding hydrogens is 462 g/mol. The number of aliphatic hydroxyl groups is 2. The molecule has 1 aromatic carbocycles. The Kier molecular flexibility index (Phi) is 5.79. The van der Waals surface area contributed by atoms with Crippen molar-refractivity contribution in [1.29, 1.82) is 0 Å². The summed E-state index contributed by atoms with van der Waals surface area (Å²) in [7, 11) is -3.91. The van der Waals surface area contributed by atoms with E-state index < -0.39 is 28.0 Å². The molecule has 0 aliphatic carbocycles. The standard InChI is InChI=1S/C18H20ClN7O5S/c19-11-3-1-2-10(13(11)20)4-5-32(29,30)25-6-12-15(27)18(28,7-31-12)26-9-24-14-16(21)22-8-23-17(14)26/h1-5,8-9,12,15,25,27-28H,6-7,20H2,(H2,21,22,23)/b5-4+/t12-,15-,18-/m1/s1. The van der Waals surface area contributed by atoms with E-state index in [0.29, 0.717) is 10.6 Å². The maximum atomic E-state index is 12.3. The first-order valence-electron chi connectivity index (χ1n) is 9.30. The highest BCUT2D eigenvalue weighted by Crippen LogP contribution is 2.32. The number of nitrogens with zero attached hydrogens (tertiary/aromatic N) is 4. The Morgan fingerprint density at radius 2 is 2.12 bits per heavy atom. The van der Waals surface area contributed by atoms with Crippen molar-refractivity contribution in [3.05, 3.63) is 46.8 Å². The van der Waals surface area contributed by atoms with Crippen molar-refractivity contribution in [1.82, 2.24) is 24.2 Å². The van der Waals surface area contributed by atoms with Crippen molar-refractivity contribution in [3.63, 3.8) is 0 Å². The van der Waals surface area contributed by atoms with Gasteiger partial charge in [-0.3, -0.25) is 4.57 Å². The van der Waals surface area contributed by atoms with E-state index in [1.54, 1.807) is 18.2 Å². The summed E-state index contributed by atoms with van der Waals surface area (Å²) in [6.07, 6.45) is 1.22. The molecule has 0 unspecified atom stereocenters. The number of nitrogen functional groups attached to an aromatic ring is 2. The molecule has 7 N–H and O–H groups in total. The number of ether oxygens (including phenoxy) is 1. The molecule has 170 valence electrons. The van der Waals surface area contributed by atoms with Crippen LogP contribution in [0.4, 0.5) is 11.5 Å². The van der Waals surface area contributed by atoms with Crippen molar-refractivity contribution >= 4 is 50.4 Å². The molecule has 32 heavy (non-hydrogen) atoms. The van der Waals surface area contributed by atoms with E-state index in [0.717, 1.165) is 5.41 Å². The van der Waals surface area contributed by atoms with Crippen molar-refractivity contribution in [2.24, 2.45) is 0 Å². The monoisotopic (exact) mass is 481 g/mol. The number of anilines is 2. The average Bonchev–Trinajstić information content (AvgIpc) is 3.31. The minimum atomic E-state index is -3.91. The van der Waals surface area contributed by atoms with Crippen LogP contribution in [0.5, 0.6) is 0 Å². The van der Waals surface area contributed by atoms with Crippen LogP contribution in [0.3, 0.4) is 0 Å². The minimum absolute atomic E-state index is 0.113. The number of rotatable bonds is 6. The molecule has 1 aliphatic heterocycles. The van der Waals surface area contributed by atoms with Gasteiger partial charge in [-0.25, -0.2) is 28.1 Å². The van der Waals surface area contributed by atoms with Gasteiger partial charge in [-0.1, -0.05) is 23.7 Å². The quantitative estimate of drug-likeness (QED) is 0.290. The van der Waals surface area contributed by atoms with Crippen molar-refractivity contribution in [3.8, 4) is 0 Å². The highest BCUT2D eigenvalue weighted by atomic mass is 35.5. The Morgan fingerprint density at radius 3 is 2.91 bits per heavy atom. The summed E-state index contributed by atoms with van der Waals surface area (Å²) >= 11 is 5.93. The number of para-hydroxylation sites is 1. The lowest BCUT2D eigenvalue weighted by Gasteiger charge is -2.27. The van der Waals surface area contributed by atoms with Crippen LogP contribution in [-0.2, 0) is 20.5 Å². The molecule has 3 atom stereocenters. The zero-order valence-corrected chi connectivity index (χ0v) is 18.0. The van der Waals surface area contributed by atoms with Crippen molar-refractivity contribution in [2.75, 3.05) is 24.6 Å². The van der Waals surface area contributed by atoms with Crippen LogP contribution >= 0.6 is 11.6 Å². The van der Waals surface area contributed by atoms with E-state index in [1.807, 2.05) is 0 Å². The number of nitrogens with one attached hydrogen (secondary N) is 1. The molecule has 0 saturated carbocycles. The third-order valence-electron chi connectivity index (χ3n) is 5.11. The van der Waals surface area contributed by atoms with E-state index in [9.17, 15) is 18.6 Å². The van der Waals surface area contributed by atoms with Gasteiger partial charge in [-0.15, -0.1) is 0 Å². The predicted molar refractivity (Wildman–Crippen MR) is 117 cm³/mol. The maximum Gasteiger partial charge on any atom is 0.233 e. The van der Waals surface area contributed by atoms with E-state index in [1.165, 1.54) is 23.3 Å². The van der Waals surface area contributed by atoms with Gasteiger partial charge in [0.05, 0.1) is 23.6 Å². The highest BCUT2D eigenvalue weighted by Gasteiger charge is 2.50. The number of fused-ring (bicyclic) bond motifs is 1. The summed E-state index contributed by atoms with van der Waals surface area (Å²) in [5.74, 6) is 0.113. The molecular formula is C18H20ClN7O5S. The zero-order valence-electron chi connectivity index (χ0n) is 16.5. The predicted octanol–water partition coefficient (Wildman–Crippen LogP) is -0.361. The molecule has 1 aliphatic rings. The lowest BCUT2D eigenvalue weighted by molar-refractivity contribution is -0.107. The van der Waals surface area contributed by atoms with Crippen LogP contribution in [0.25, 0.3) is 17.2 Å². The van der Waals surface area contributed by atoms with Gasteiger partial charge in [0.1, 0.15) is 24.1 Å². The number of sulfonamides is 1. The van der Waals surface area contributed by atoms with Crippen LogP contribution in [0.1, 0.15) is 5.56 Å². The topological polar surface area (TPSA) is 191 Å². The summed E-state index contributed by atoms with van der Waals surface area (Å²) in [5, 5.41) is 23.0. The van der Waals surface area contributed by atoms with Gasteiger partial charge in [0.2, 0.25) is 10.0 Å². The third-order valence-corrected chi connectivity index (χ3v) is 6.51. The van der Waals surface area contributed by atoms with E-state index in [2.05, 4.69) is 19.7 Å². The van der Waals surface area contributed by atoms with Gasteiger partial charge in [0, 0.05) is 12.0 Å². The number of aliphatic hydroxyl groups excluding tert-OH is 1. The summed E-state index contributed by atoms with van der Waals surface area (Å²) in [5.41, 5.74) is 10.8. The van der Waals surface area contributed by atoms with Gasteiger partial charge in [0.25, 0.3) is 0 Å². The molecule has 0 spiro atoms. The summed E-state index contributed by atoms with van der Waals surface area (Å²) in [6.45, 7) is -0.629. The Hall–Kier alpha value is -2.81. The number of aromatic nitrogens is 4. The SMILES string of the molecule is Nc1c(Cl)cccc1/C=C/S(=O)(=O)NC[C@H]1OC[C@](O)(n2cnc3c(N)ncnc32)[C@@H]1O. The van der Waals surface area contributed by atoms with E-state index >= 15 is 0 Å². The molecule has 12 nitrogen and oxygen atoms in total. The minimum Gasteiger partial charge on any atom is -0.397 e. The first kappa shape index (κ1) is 22.4. The fraction of sp³-hybridized carbons (Fsp3) is 0.278. The Morgan fingerprint density at radius 1 is 1.34 bits per heavy atom. The second-order valence-electron chi connectivity index (χ2n) is 7.16. The first-order valence-corrected chi connectivity index (χ1v) is 11.2. The van der Waals surface area contributed by atoms with Crippen LogP contribution in [0.2, 0.25) is 5.02 Å².